The largest absolute Gasteiger partial charge is 0.350 e. The van der Waals surface area contributed by atoms with Gasteiger partial charge in [-0.3, -0.25) is 4.79 Å². The Kier molecular flexibility index (Phi) is 4.08. The molecule has 1 aliphatic rings. The molecule has 1 unspecified atom stereocenters. The molecule has 20 heavy (non-hydrogen) atoms. The lowest BCUT2D eigenvalue weighted by molar-refractivity contribution is 0.0949. The van der Waals surface area contributed by atoms with Crippen molar-refractivity contribution in [3.8, 4) is 0 Å². The normalized spacial score (nSPS) is 18.3. The van der Waals surface area contributed by atoms with Gasteiger partial charge in [-0.1, -0.05) is 0 Å². The van der Waals surface area contributed by atoms with Crippen LogP contribution in [0.25, 0.3) is 0 Å². The third kappa shape index (κ3) is 3.05. The van der Waals surface area contributed by atoms with Crippen molar-refractivity contribution in [2.24, 2.45) is 0 Å². The number of carbonyl (C=O) groups is 1. The Balaban J connectivity index is 1.51. The predicted molar refractivity (Wildman–Crippen MR) is 76.7 cm³/mol. The maximum Gasteiger partial charge on any atom is 0.270 e. The first-order valence-corrected chi connectivity index (χ1v) is 7.65. The molecule has 3 heterocycles. The maximum absolute atomic E-state index is 12.0. The van der Waals surface area contributed by atoms with Gasteiger partial charge in [0.05, 0.1) is 12.4 Å². The molecule has 2 aromatic rings. The second-order valence-electron chi connectivity index (χ2n) is 4.80. The summed E-state index contributed by atoms with van der Waals surface area (Å²) < 4.78 is 0. The van der Waals surface area contributed by atoms with Crippen molar-refractivity contribution in [2.75, 3.05) is 13.1 Å². The predicted octanol–water partition coefficient (Wildman–Crippen LogP) is 1.26. The summed E-state index contributed by atoms with van der Waals surface area (Å²) in [6.45, 7) is 1.62. The lowest BCUT2D eigenvalue weighted by Gasteiger charge is -2.04. The maximum atomic E-state index is 12.0. The Hall–Kier alpha value is -1.73. The number of imidazole rings is 1. The first-order valence-electron chi connectivity index (χ1n) is 6.77. The number of hydrogen-bond acceptors (Lipinski definition) is 5. The van der Waals surface area contributed by atoms with Gasteiger partial charge in [0.15, 0.2) is 0 Å². The molecular weight excluding hydrogens is 274 g/mol. The summed E-state index contributed by atoms with van der Waals surface area (Å²) in [5.41, 5.74) is 1.53. The summed E-state index contributed by atoms with van der Waals surface area (Å²) in [4.78, 5) is 23.4. The van der Waals surface area contributed by atoms with Crippen molar-refractivity contribution in [2.45, 2.75) is 25.3 Å². The molecule has 3 rings (SSSR count). The molecule has 1 aliphatic heterocycles. The summed E-state index contributed by atoms with van der Waals surface area (Å²) in [5.74, 6) is -0.106. The van der Waals surface area contributed by atoms with Gasteiger partial charge in [0.25, 0.3) is 5.91 Å². The van der Waals surface area contributed by atoms with Gasteiger partial charge in [0, 0.05) is 30.2 Å². The van der Waals surface area contributed by atoms with E-state index in [9.17, 15) is 4.79 Å². The fourth-order valence-corrected chi connectivity index (χ4v) is 3.18. The Labute approximate surface area is 121 Å². The van der Waals surface area contributed by atoms with Crippen molar-refractivity contribution in [3.63, 3.8) is 0 Å². The van der Waals surface area contributed by atoms with E-state index in [0.29, 0.717) is 18.3 Å². The van der Waals surface area contributed by atoms with Crippen LogP contribution in [0.4, 0.5) is 0 Å². The molecule has 1 fully saturated rings. The molecule has 0 aromatic carbocycles. The molecule has 0 spiro atoms. The minimum atomic E-state index is -0.106. The Morgan fingerprint density at radius 2 is 2.50 bits per heavy atom. The molecule has 2 aromatic heterocycles. The number of amides is 1. The smallest absolute Gasteiger partial charge is 0.270 e. The summed E-state index contributed by atoms with van der Waals surface area (Å²) in [6, 6.07) is 0.326. The van der Waals surface area contributed by atoms with E-state index in [-0.39, 0.29) is 5.91 Å². The Morgan fingerprint density at radius 1 is 1.55 bits per heavy atom. The molecule has 106 valence electrons. The molecule has 0 bridgehead atoms. The highest BCUT2D eigenvalue weighted by Crippen LogP contribution is 2.25. The zero-order valence-electron chi connectivity index (χ0n) is 11.1. The Morgan fingerprint density at radius 3 is 3.25 bits per heavy atom. The van der Waals surface area contributed by atoms with E-state index >= 15 is 0 Å². The van der Waals surface area contributed by atoms with Crippen LogP contribution >= 0.6 is 11.3 Å². The number of H-pyrrole nitrogens is 1. The number of nitrogens with one attached hydrogen (secondary N) is 3. The number of carbonyl (C=O) groups excluding carboxylic acids is 1. The molecule has 1 saturated heterocycles. The lowest BCUT2D eigenvalue weighted by Crippen LogP contribution is -2.26. The number of nitrogens with zero attached hydrogens (tertiary/aromatic N) is 2. The van der Waals surface area contributed by atoms with E-state index in [4.69, 9.17) is 0 Å². The first-order chi connectivity index (χ1) is 9.83. The van der Waals surface area contributed by atoms with Crippen LogP contribution in [0.5, 0.6) is 0 Å². The first kappa shape index (κ1) is 13.3. The number of rotatable bonds is 5. The summed E-state index contributed by atoms with van der Waals surface area (Å²) in [6.07, 6.45) is 6.43. The second-order valence-corrected chi connectivity index (χ2v) is 5.69. The minimum Gasteiger partial charge on any atom is -0.350 e. The minimum absolute atomic E-state index is 0.106. The van der Waals surface area contributed by atoms with Gasteiger partial charge in [-0.25, -0.2) is 9.97 Å². The molecule has 1 amide bonds. The van der Waals surface area contributed by atoms with Crippen LogP contribution in [-0.4, -0.2) is 33.9 Å². The second kappa shape index (κ2) is 6.15. The quantitative estimate of drug-likeness (QED) is 0.774. The average Bonchev–Trinajstić information content (AvgIpc) is 3.20. The Bertz CT molecular complexity index is 559. The number of aromatic nitrogens is 3. The summed E-state index contributed by atoms with van der Waals surface area (Å²) >= 11 is 1.56. The van der Waals surface area contributed by atoms with Crippen LogP contribution in [0.1, 0.15) is 40.1 Å². The van der Waals surface area contributed by atoms with Crippen LogP contribution in [0, 0.1) is 0 Å². The fourth-order valence-electron chi connectivity index (χ4n) is 2.27. The highest BCUT2D eigenvalue weighted by atomic mass is 32.1. The van der Waals surface area contributed by atoms with E-state index in [1.165, 1.54) is 6.42 Å². The average molecular weight is 291 g/mol. The van der Waals surface area contributed by atoms with Gasteiger partial charge in [-0.2, -0.15) is 0 Å². The van der Waals surface area contributed by atoms with Crippen molar-refractivity contribution in [1.82, 2.24) is 25.6 Å². The monoisotopic (exact) mass is 291 g/mol. The van der Waals surface area contributed by atoms with Crippen LogP contribution in [-0.2, 0) is 6.42 Å². The highest BCUT2D eigenvalue weighted by molar-refractivity contribution is 7.09. The SMILES string of the molecule is O=C(NCCc1cnc[nH]1)c1csc(C2CCCN2)n1. The molecule has 7 heteroatoms. The molecular formula is C13H17N5OS. The van der Waals surface area contributed by atoms with Crippen molar-refractivity contribution in [3.05, 3.63) is 34.3 Å². The van der Waals surface area contributed by atoms with Gasteiger partial charge < -0.3 is 15.6 Å². The lowest BCUT2D eigenvalue weighted by atomic mass is 10.2. The van der Waals surface area contributed by atoms with E-state index < -0.39 is 0 Å². The molecule has 3 N–H and O–H groups in total. The molecule has 6 nitrogen and oxygen atoms in total. The number of hydrogen-bond donors (Lipinski definition) is 3. The number of thiazole rings is 1. The van der Waals surface area contributed by atoms with E-state index in [1.54, 1.807) is 23.9 Å². The van der Waals surface area contributed by atoms with Gasteiger partial charge in [-0.15, -0.1) is 11.3 Å². The zero-order valence-corrected chi connectivity index (χ0v) is 11.9. The van der Waals surface area contributed by atoms with Gasteiger partial charge in [-0.05, 0) is 19.4 Å². The molecule has 1 atom stereocenters. The number of aromatic amines is 1. The van der Waals surface area contributed by atoms with Crippen molar-refractivity contribution >= 4 is 17.2 Å². The fraction of sp³-hybridized carbons (Fsp3) is 0.462. The van der Waals surface area contributed by atoms with Crippen LogP contribution in [0.2, 0.25) is 0 Å². The highest BCUT2D eigenvalue weighted by Gasteiger charge is 2.20. The molecule has 0 aliphatic carbocycles. The van der Waals surface area contributed by atoms with Crippen LogP contribution in [0.3, 0.4) is 0 Å². The summed E-state index contributed by atoms with van der Waals surface area (Å²) in [5, 5.41) is 9.12. The standard InChI is InChI=1S/C13H17N5OS/c19-12(16-5-3-9-6-14-8-17-9)11-7-20-13(18-11)10-2-1-4-15-10/h6-8,10,15H,1-5H2,(H,14,17)(H,16,19). The van der Waals surface area contributed by atoms with E-state index in [1.807, 2.05) is 5.38 Å². The van der Waals surface area contributed by atoms with E-state index in [2.05, 4.69) is 25.6 Å². The third-order valence-corrected chi connectivity index (χ3v) is 4.31. The molecule has 0 saturated carbocycles. The van der Waals surface area contributed by atoms with Gasteiger partial charge in [0.1, 0.15) is 10.7 Å². The van der Waals surface area contributed by atoms with Gasteiger partial charge >= 0.3 is 0 Å². The summed E-state index contributed by atoms with van der Waals surface area (Å²) in [7, 11) is 0. The topological polar surface area (TPSA) is 82.7 Å². The van der Waals surface area contributed by atoms with Crippen molar-refractivity contribution < 1.29 is 4.79 Å². The van der Waals surface area contributed by atoms with Crippen molar-refractivity contribution in [1.29, 1.82) is 0 Å². The zero-order chi connectivity index (χ0) is 13.8. The van der Waals surface area contributed by atoms with Crippen LogP contribution in [0.15, 0.2) is 17.9 Å². The van der Waals surface area contributed by atoms with Crippen LogP contribution < -0.4 is 10.6 Å². The van der Waals surface area contributed by atoms with E-state index in [0.717, 1.165) is 30.1 Å². The third-order valence-electron chi connectivity index (χ3n) is 3.35. The van der Waals surface area contributed by atoms with Gasteiger partial charge in [0.2, 0.25) is 0 Å². The molecule has 0 radical (unpaired) electrons.